The lowest BCUT2D eigenvalue weighted by molar-refractivity contribution is -0.184. The van der Waals surface area contributed by atoms with Crippen molar-refractivity contribution >= 4 is 17.8 Å². The number of allylic oxidation sites excluding steroid dienone is 1. The molecule has 0 aromatic heterocycles. The summed E-state index contributed by atoms with van der Waals surface area (Å²) in [6.45, 7) is 2.74. The van der Waals surface area contributed by atoms with Crippen molar-refractivity contribution in [3.8, 4) is 18.1 Å². The van der Waals surface area contributed by atoms with Gasteiger partial charge in [-0.3, -0.25) is 14.6 Å². The van der Waals surface area contributed by atoms with Crippen LogP contribution in [-0.4, -0.2) is 87.8 Å². The van der Waals surface area contributed by atoms with Gasteiger partial charge in [-0.2, -0.15) is 0 Å². The molecule has 0 bridgehead atoms. The first-order valence-electron chi connectivity index (χ1n) is 12.8. The molecule has 2 heterocycles. The van der Waals surface area contributed by atoms with Crippen molar-refractivity contribution in [3.63, 3.8) is 0 Å². The number of nitrogens with zero attached hydrogens (tertiary/aromatic N) is 4. The van der Waals surface area contributed by atoms with Crippen molar-refractivity contribution in [2.45, 2.75) is 32.1 Å². The number of ether oxygens (including phenoxy) is 1. The number of piperazine rings is 1. The highest BCUT2D eigenvalue weighted by molar-refractivity contribution is 5.91. The number of terminal acetylenes is 1. The van der Waals surface area contributed by atoms with E-state index in [-0.39, 0.29) is 62.9 Å². The number of amides is 4. The maximum absolute atomic E-state index is 13.7. The van der Waals surface area contributed by atoms with Crippen LogP contribution in [0.3, 0.4) is 0 Å². The Kier molecular flexibility index (Phi) is 9.07. The smallest absolute Gasteiger partial charge is 0.338 e. The minimum atomic E-state index is -0.842. The van der Waals surface area contributed by atoms with E-state index in [2.05, 4.69) is 11.2 Å². The van der Waals surface area contributed by atoms with Crippen LogP contribution in [-0.2, 0) is 27.3 Å². The molecule has 2 aromatic carbocycles. The van der Waals surface area contributed by atoms with Gasteiger partial charge in [-0.15, -0.1) is 6.42 Å². The number of carbonyl (C=O) groups excluding carboxylic acids is 3. The van der Waals surface area contributed by atoms with E-state index in [0.29, 0.717) is 6.54 Å². The third-order valence-corrected chi connectivity index (χ3v) is 6.65. The van der Waals surface area contributed by atoms with Crippen LogP contribution in [0.4, 0.5) is 4.79 Å². The van der Waals surface area contributed by atoms with Crippen LogP contribution in [0.15, 0.2) is 66.9 Å². The fourth-order valence-corrected chi connectivity index (χ4v) is 4.87. The summed E-state index contributed by atoms with van der Waals surface area (Å²) in [7, 11) is 0. The van der Waals surface area contributed by atoms with Gasteiger partial charge in [-0.25, -0.2) is 9.80 Å². The van der Waals surface area contributed by atoms with Gasteiger partial charge in [0.15, 0.2) is 0 Å². The summed E-state index contributed by atoms with van der Waals surface area (Å²) < 4.78 is 5.43. The summed E-state index contributed by atoms with van der Waals surface area (Å²) in [6, 6.07) is 14.8. The highest BCUT2D eigenvalue weighted by atomic mass is 16.5. The molecule has 2 N–H and O–H groups in total. The SMILES string of the molecule is C#CCOCCN1C[C@H]2N(C(=O)CN(/C=C\C)N2C(=O)NCc2ccccc2)[C@@H](Cc2ccc(O)cc2)C1=O. The molecular formula is C29H33N5O5. The van der Waals surface area contributed by atoms with Crippen LogP contribution in [0, 0.1) is 12.3 Å². The third-order valence-electron chi connectivity index (χ3n) is 6.65. The summed E-state index contributed by atoms with van der Waals surface area (Å²) in [6.07, 6.45) is 8.21. The molecular weight excluding hydrogens is 498 g/mol. The Morgan fingerprint density at radius 1 is 1.15 bits per heavy atom. The van der Waals surface area contributed by atoms with E-state index in [4.69, 9.17) is 11.2 Å². The number of aromatic hydroxyl groups is 1. The molecule has 0 spiro atoms. The highest BCUT2D eigenvalue weighted by Gasteiger charge is 2.50. The van der Waals surface area contributed by atoms with Crippen LogP contribution in [0.25, 0.3) is 0 Å². The Morgan fingerprint density at radius 2 is 1.90 bits per heavy atom. The fraction of sp³-hybridized carbons (Fsp3) is 0.345. The second-order valence-corrected chi connectivity index (χ2v) is 9.28. The summed E-state index contributed by atoms with van der Waals surface area (Å²) in [4.78, 5) is 44.0. The molecule has 0 radical (unpaired) electrons. The first-order chi connectivity index (χ1) is 18.9. The summed E-state index contributed by atoms with van der Waals surface area (Å²) >= 11 is 0. The van der Waals surface area contributed by atoms with Crippen molar-refractivity contribution in [2.75, 3.05) is 32.8 Å². The molecule has 0 aliphatic carbocycles. The number of phenols is 1. The minimum absolute atomic E-state index is 0.0930. The molecule has 2 fully saturated rings. The quantitative estimate of drug-likeness (QED) is 0.379. The van der Waals surface area contributed by atoms with E-state index >= 15 is 0 Å². The van der Waals surface area contributed by atoms with Crippen molar-refractivity contribution in [1.29, 1.82) is 0 Å². The summed E-state index contributed by atoms with van der Waals surface area (Å²) in [5, 5.41) is 15.8. The summed E-state index contributed by atoms with van der Waals surface area (Å²) in [5.41, 5.74) is 1.71. The zero-order chi connectivity index (χ0) is 27.8. The van der Waals surface area contributed by atoms with E-state index in [9.17, 15) is 19.5 Å². The van der Waals surface area contributed by atoms with Gasteiger partial charge in [0.05, 0.1) is 13.2 Å². The normalized spacial score (nSPS) is 19.3. The second kappa shape index (κ2) is 12.8. The monoisotopic (exact) mass is 531 g/mol. The zero-order valence-corrected chi connectivity index (χ0v) is 21.9. The minimum Gasteiger partial charge on any atom is -0.508 e. The number of carbonyl (C=O) groups is 3. The number of benzene rings is 2. The number of hydrogen-bond acceptors (Lipinski definition) is 6. The summed E-state index contributed by atoms with van der Waals surface area (Å²) in [5.74, 6) is 2.02. The molecule has 0 unspecified atom stereocenters. The van der Waals surface area contributed by atoms with Crippen LogP contribution in [0.5, 0.6) is 5.75 Å². The number of nitrogens with one attached hydrogen (secondary N) is 1. The van der Waals surface area contributed by atoms with Crippen molar-refractivity contribution < 1.29 is 24.2 Å². The maximum atomic E-state index is 13.7. The lowest BCUT2D eigenvalue weighted by Crippen LogP contribution is -2.76. The van der Waals surface area contributed by atoms with E-state index in [1.54, 1.807) is 46.5 Å². The van der Waals surface area contributed by atoms with Crippen molar-refractivity contribution in [3.05, 3.63) is 78.0 Å². The first-order valence-corrected chi connectivity index (χ1v) is 12.8. The molecule has 4 rings (SSSR count). The Balaban J connectivity index is 1.65. The molecule has 10 heteroatoms. The molecule has 10 nitrogen and oxygen atoms in total. The fourth-order valence-electron chi connectivity index (χ4n) is 4.87. The lowest BCUT2D eigenvalue weighted by Gasteiger charge is -2.55. The standard InChI is InChI=1S/C29H33N5O5/c1-3-14-32-21-27(36)33-25(18-22-10-12-24(35)13-11-22)28(37)31(15-17-39-16-4-2)20-26(33)34(32)29(38)30-19-23-8-6-5-7-9-23/h2-3,5-14,25-26,35H,15-21H2,1H3,(H,30,38)/b14-3-/t25-,26-/m0/s1. The van der Waals surface area contributed by atoms with E-state index < -0.39 is 12.2 Å². The molecule has 2 saturated heterocycles. The Bertz CT molecular complexity index is 1230. The molecule has 2 aliphatic heterocycles. The maximum Gasteiger partial charge on any atom is 0.338 e. The first kappa shape index (κ1) is 27.5. The molecule has 39 heavy (non-hydrogen) atoms. The Morgan fingerprint density at radius 3 is 2.59 bits per heavy atom. The molecule has 0 saturated carbocycles. The van der Waals surface area contributed by atoms with E-state index in [1.807, 2.05) is 37.3 Å². The van der Waals surface area contributed by atoms with Gasteiger partial charge < -0.3 is 25.0 Å². The number of hydrogen-bond donors (Lipinski definition) is 2. The molecule has 204 valence electrons. The number of rotatable bonds is 9. The lowest BCUT2D eigenvalue weighted by atomic mass is 9.98. The van der Waals surface area contributed by atoms with Gasteiger partial charge in [0.25, 0.3) is 0 Å². The largest absolute Gasteiger partial charge is 0.508 e. The third kappa shape index (κ3) is 6.51. The van der Waals surface area contributed by atoms with E-state index in [0.717, 1.165) is 11.1 Å². The zero-order valence-electron chi connectivity index (χ0n) is 21.9. The average Bonchev–Trinajstić information content (AvgIpc) is 2.93. The van der Waals surface area contributed by atoms with Crippen LogP contribution >= 0.6 is 0 Å². The number of hydrazine groups is 1. The average molecular weight is 532 g/mol. The number of fused-ring (bicyclic) bond motifs is 1. The number of phenolic OH excluding ortho intramolecular Hbond substituents is 1. The van der Waals surface area contributed by atoms with Gasteiger partial charge in [0.2, 0.25) is 11.8 Å². The van der Waals surface area contributed by atoms with Gasteiger partial charge >= 0.3 is 6.03 Å². The van der Waals surface area contributed by atoms with Gasteiger partial charge in [-0.1, -0.05) is 54.5 Å². The predicted octanol–water partition coefficient (Wildman–Crippen LogP) is 1.93. The molecule has 2 aromatic rings. The predicted molar refractivity (Wildman–Crippen MR) is 145 cm³/mol. The second-order valence-electron chi connectivity index (χ2n) is 9.28. The Labute approximate surface area is 228 Å². The highest BCUT2D eigenvalue weighted by Crippen LogP contribution is 2.29. The number of urea groups is 1. The van der Waals surface area contributed by atoms with Crippen LogP contribution in [0.2, 0.25) is 0 Å². The van der Waals surface area contributed by atoms with Crippen LogP contribution in [0.1, 0.15) is 18.1 Å². The van der Waals surface area contributed by atoms with Gasteiger partial charge in [0, 0.05) is 25.7 Å². The topological polar surface area (TPSA) is 106 Å². The van der Waals surface area contributed by atoms with Crippen LogP contribution < -0.4 is 5.32 Å². The Hall–Kier alpha value is -4.49. The van der Waals surface area contributed by atoms with Gasteiger partial charge in [-0.05, 0) is 30.2 Å². The van der Waals surface area contributed by atoms with Gasteiger partial charge in [0.1, 0.15) is 31.1 Å². The molecule has 2 aliphatic rings. The van der Waals surface area contributed by atoms with Crippen molar-refractivity contribution in [2.24, 2.45) is 0 Å². The molecule has 4 amide bonds. The van der Waals surface area contributed by atoms with Crippen molar-refractivity contribution in [1.82, 2.24) is 25.1 Å². The molecule has 2 atom stereocenters. The van der Waals surface area contributed by atoms with E-state index in [1.165, 1.54) is 9.91 Å².